The van der Waals surface area contributed by atoms with Crippen molar-refractivity contribution in [2.24, 2.45) is 0 Å². The average molecular weight is 358 g/mol. The molecule has 0 N–H and O–H groups in total. The zero-order valence-corrected chi connectivity index (χ0v) is 15.4. The molecule has 0 aromatic carbocycles. The van der Waals surface area contributed by atoms with Crippen LogP contribution in [0.25, 0.3) is 11.2 Å². The summed E-state index contributed by atoms with van der Waals surface area (Å²) in [4.78, 5) is 11.8. The zero-order chi connectivity index (χ0) is 18.3. The molecule has 138 valence electrons. The van der Waals surface area contributed by atoms with Crippen molar-refractivity contribution in [3.63, 3.8) is 0 Å². The zero-order valence-electron chi connectivity index (χ0n) is 15.4. The molecule has 3 aromatic rings. The van der Waals surface area contributed by atoms with Gasteiger partial charge in [-0.25, -0.2) is 19.3 Å². The van der Waals surface area contributed by atoms with Gasteiger partial charge in [-0.3, -0.25) is 0 Å². The molecule has 4 heterocycles. The van der Waals surface area contributed by atoms with E-state index >= 15 is 0 Å². The van der Waals surface area contributed by atoms with E-state index in [-0.39, 0.29) is 5.41 Å². The normalized spacial score (nSPS) is 15.8. The average Bonchev–Trinajstić information content (AvgIpc) is 3.21. The lowest BCUT2D eigenvalue weighted by molar-refractivity contribution is 0.122. The van der Waals surface area contributed by atoms with Crippen molar-refractivity contribution in [3.8, 4) is 0 Å². The van der Waals surface area contributed by atoms with E-state index in [2.05, 4.69) is 46.3 Å². The summed E-state index contributed by atoms with van der Waals surface area (Å²) in [7, 11) is 0. The van der Waals surface area contributed by atoms with E-state index in [1.807, 2.05) is 6.92 Å². The molecule has 3 aromatic heterocycles. The van der Waals surface area contributed by atoms with E-state index in [1.54, 1.807) is 4.68 Å². The highest BCUT2D eigenvalue weighted by molar-refractivity contribution is 5.83. The SMILES string of the molecule is Cc1nonc1Cn1nnc2c(N3CCOCC3)nc(C(C)(C)C)nc21. The van der Waals surface area contributed by atoms with Crippen molar-refractivity contribution in [2.45, 2.75) is 39.7 Å². The van der Waals surface area contributed by atoms with Gasteiger partial charge >= 0.3 is 0 Å². The Bertz CT molecular complexity index is 920. The van der Waals surface area contributed by atoms with Crippen LogP contribution < -0.4 is 4.90 Å². The lowest BCUT2D eigenvalue weighted by Gasteiger charge is -2.29. The van der Waals surface area contributed by atoms with Crippen LogP contribution in [0.4, 0.5) is 5.82 Å². The molecular weight excluding hydrogens is 336 g/mol. The van der Waals surface area contributed by atoms with Gasteiger partial charge in [-0.1, -0.05) is 36.3 Å². The number of fused-ring (bicyclic) bond motifs is 1. The molecule has 0 aliphatic carbocycles. The van der Waals surface area contributed by atoms with E-state index in [4.69, 9.17) is 19.3 Å². The van der Waals surface area contributed by atoms with Gasteiger partial charge in [0.1, 0.15) is 17.2 Å². The molecule has 0 bridgehead atoms. The topological polar surface area (TPSA) is 108 Å². The van der Waals surface area contributed by atoms with Crippen LogP contribution in [0.5, 0.6) is 0 Å². The molecule has 1 fully saturated rings. The van der Waals surface area contributed by atoms with Gasteiger partial charge < -0.3 is 9.64 Å². The van der Waals surface area contributed by atoms with E-state index in [9.17, 15) is 0 Å². The number of aryl methyl sites for hydroxylation is 1. The van der Waals surface area contributed by atoms with Crippen molar-refractivity contribution in [3.05, 3.63) is 17.2 Å². The Morgan fingerprint density at radius 3 is 2.50 bits per heavy atom. The highest BCUT2D eigenvalue weighted by Gasteiger charge is 2.26. The summed E-state index contributed by atoms with van der Waals surface area (Å²) in [5, 5.41) is 16.4. The molecule has 1 saturated heterocycles. The first-order valence-electron chi connectivity index (χ1n) is 8.66. The highest BCUT2D eigenvalue weighted by atomic mass is 16.6. The second kappa shape index (κ2) is 6.27. The van der Waals surface area contributed by atoms with Gasteiger partial charge in [-0.2, -0.15) is 0 Å². The van der Waals surface area contributed by atoms with Crippen molar-refractivity contribution < 1.29 is 9.37 Å². The largest absolute Gasteiger partial charge is 0.378 e. The van der Waals surface area contributed by atoms with Crippen LogP contribution in [0.1, 0.15) is 38.0 Å². The standard InChI is InChI=1S/C16H22N8O2/c1-10-11(21-26-20-10)9-24-14-12(19-22-24)13(23-5-7-25-8-6-23)17-15(18-14)16(2,3)4/h5-9H2,1-4H3. The Kier molecular flexibility index (Phi) is 4.06. The molecular formula is C16H22N8O2. The van der Waals surface area contributed by atoms with Crippen molar-refractivity contribution in [2.75, 3.05) is 31.2 Å². The molecule has 26 heavy (non-hydrogen) atoms. The Balaban J connectivity index is 1.84. The number of aromatic nitrogens is 7. The minimum absolute atomic E-state index is 0.199. The maximum Gasteiger partial charge on any atom is 0.184 e. The van der Waals surface area contributed by atoms with E-state index < -0.39 is 0 Å². The fourth-order valence-corrected chi connectivity index (χ4v) is 2.81. The first kappa shape index (κ1) is 16.8. The van der Waals surface area contributed by atoms with Gasteiger partial charge in [0.15, 0.2) is 17.0 Å². The second-order valence-corrected chi connectivity index (χ2v) is 7.44. The fraction of sp³-hybridized carbons (Fsp3) is 0.625. The Labute approximate surface area is 150 Å². The van der Waals surface area contributed by atoms with Crippen LogP contribution >= 0.6 is 0 Å². The number of ether oxygens (including phenoxy) is 1. The summed E-state index contributed by atoms with van der Waals surface area (Å²) in [5.74, 6) is 1.56. The molecule has 0 unspecified atom stereocenters. The molecule has 0 atom stereocenters. The lowest BCUT2D eigenvalue weighted by Crippen LogP contribution is -2.37. The third kappa shape index (κ3) is 3.00. The molecule has 10 nitrogen and oxygen atoms in total. The van der Waals surface area contributed by atoms with Crippen LogP contribution in [-0.4, -0.2) is 61.6 Å². The molecule has 10 heteroatoms. The maximum atomic E-state index is 5.47. The maximum absolute atomic E-state index is 5.47. The number of morpholine rings is 1. The second-order valence-electron chi connectivity index (χ2n) is 7.44. The van der Waals surface area contributed by atoms with Crippen LogP contribution in [0.2, 0.25) is 0 Å². The van der Waals surface area contributed by atoms with Gasteiger partial charge in [0.2, 0.25) is 0 Å². The van der Waals surface area contributed by atoms with Crippen molar-refractivity contribution >= 4 is 17.0 Å². The van der Waals surface area contributed by atoms with Gasteiger partial charge in [-0.15, -0.1) is 5.10 Å². The Morgan fingerprint density at radius 2 is 1.85 bits per heavy atom. The number of nitrogens with zero attached hydrogens (tertiary/aromatic N) is 8. The molecule has 0 amide bonds. The van der Waals surface area contributed by atoms with Crippen molar-refractivity contribution in [1.82, 2.24) is 35.3 Å². The fourth-order valence-electron chi connectivity index (χ4n) is 2.81. The van der Waals surface area contributed by atoms with Crippen LogP contribution in [0, 0.1) is 6.92 Å². The third-order valence-corrected chi connectivity index (χ3v) is 4.37. The van der Waals surface area contributed by atoms with E-state index in [0.29, 0.717) is 36.6 Å². The summed E-state index contributed by atoms with van der Waals surface area (Å²) in [6.45, 7) is 11.4. The summed E-state index contributed by atoms with van der Waals surface area (Å²) in [6.07, 6.45) is 0. The first-order chi connectivity index (χ1) is 12.4. The third-order valence-electron chi connectivity index (χ3n) is 4.37. The monoisotopic (exact) mass is 358 g/mol. The van der Waals surface area contributed by atoms with Crippen LogP contribution in [-0.2, 0) is 16.7 Å². The van der Waals surface area contributed by atoms with Gasteiger partial charge in [0.25, 0.3) is 0 Å². The Morgan fingerprint density at radius 1 is 1.08 bits per heavy atom. The summed E-state index contributed by atoms with van der Waals surface area (Å²) < 4.78 is 12.0. The molecule has 4 rings (SSSR count). The number of anilines is 1. The Hall–Kier alpha value is -2.62. The molecule has 0 radical (unpaired) electrons. The minimum atomic E-state index is -0.199. The molecule has 1 aliphatic heterocycles. The molecule has 0 saturated carbocycles. The molecule has 0 spiro atoms. The number of hydrogen-bond donors (Lipinski definition) is 0. The lowest BCUT2D eigenvalue weighted by atomic mass is 9.96. The first-order valence-corrected chi connectivity index (χ1v) is 8.66. The predicted molar refractivity (Wildman–Crippen MR) is 93.0 cm³/mol. The highest BCUT2D eigenvalue weighted by Crippen LogP contribution is 2.27. The predicted octanol–water partition coefficient (Wildman–Crippen LogP) is 1.10. The molecule has 1 aliphatic rings. The summed E-state index contributed by atoms with van der Waals surface area (Å²) in [5.41, 5.74) is 2.62. The van der Waals surface area contributed by atoms with Gasteiger partial charge in [0, 0.05) is 18.5 Å². The van der Waals surface area contributed by atoms with E-state index in [0.717, 1.165) is 30.4 Å². The van der Waals surface area contributed by atoms with E-state index in [1.165, 1.54) is 0 Å². The van der Waals surface area contributed by atoms with Crippen LogP contribution in [0.15, 0.2) is 4.63 Å². The number of rotatable bonds is 3. The van der Waals surface area contributed by atoms with Gasteiger partial charge in [-0.05, 0) is 6.92 Å². The number of hydrogen-bond acceptors (Lipinski definition) is 9. The quantitative estimate of drug-likeness (QED) is 0.680. The van der Waals surface area contributed by atoms with Crippen LogP contribution in [0.3, 0.4) is 0 Å². The summed E-state index contributed by atoms with van der Waals surface area (Å²) >= 11 is 0. The smallest absolute Gasteiger partial charge is 0.184 e. The minimum Gasteiger partial charge on any atom is -0.378 e. The van der Waals surface area contributed by atoms with Crippen molar-refractivity contribution in [1.29, 1.82) is 0 Å². The van der Waals surface area contributed by atoms with Gasteiger partial charge in [0.05, 0.1) is 19.8 Å². The summed E-state index contributed by atoms with van der Waals surface area (Å²) in [6, 6.07) is 0.